The lowest BCUT2D eigenvalue weighted by atomic mass is 9.95. The molecule has 0 radical (unpaired) electrons. The second-order valence-corrected chi connectivity index (χ2v) is 6.40. The van der Waals surface area contributed by atoms with Crippen molar-refractivity contribution < 1.29 is 4.79 Å². The van der Waals surface area contributed by atoms with Crippen molar-refractivity contribution >= 4 is 5.91 Å². The maximum absolute atomic E-state index is 11.9. The van der Waals surface area contributed by atoms with Gasteiger partial charge in [-0.2, -0.15) is 0 Å². The van der Waals surface area contributed by atoms with E-state index in [4.69, 9.17) is 0 Å². The van der Waals surface area contributed by atoms with Crippen molar-refractivity contribution in [3.05, 3.63) is 0 Å². The van der Waals surface area contributed by atoms with Crippen molar-refractivity contribution in [3.8, 4) is 0 Å². The van der Waals surface area contributed by atoms with Gasteiger partial charge in [0.1, 0.15) is 0 Å². The minimum absolute atomic E-state index is 0.0848. The lowest BCUT2D eigenvalue weighted by molar-refractivity contribution is -0.125. The van der Waals surface area contributed by atoms with Gasteiger partial charge in [0.25, 0.3) is 0 Å². The van der Waals surface area contributed by atoms with Crippen LogP contribution >= 0.6 is 0 Å². The normalized spacial score (nSPS) is 20.3. The molecule has 0 spiro atoms. The van der Waals surface area contributed by atoms with E-state index in [9.17, 15) is 4.79 Å². The molecule has 0 bridgehead atoms. The van der Waals surface area contributed by atoms with Crippen LogP contribution in [0.15, 0.2) is 0 Å². The summed E-state index contributed by atoms with van der Waals surface area (Å²) >= 11 is 0. The van der Waals surface area contributed by atoms with Gasteiger partial charge in [-0.15, -0.1) is 0 Å². The summed E-state index contributed by atoms with van der Waals surface area (Å²) in [7, 11) is 0. The molecule has 0 aliphatic carbocycles. The molecule has 1 N–H and O–H groups in total. The number of likely N-dealkylation sites (tertiary alicyclic amines) is 1. The minimum atomic E-state index is 0.0848. The highest BCUT2D eigenvalue weighted by Crippen LogP contribution is 2.16. The molecular formula is C16H32N2O. The van der Waals surface area contributed by atoms with E-state index >= 15 is 0 Å². The van der Waals surface area contributed by atoms with Crippen molar-refractivity contribution in [1.29, 1.82) is 0 Å². The largest absolute Gasteiger partial charge is 0.353 e. The predicted molar refractivity (Wildman–Crippen MR) is 81.1 cm³/mol. The van der Waals surface area contributed by atoms with Crippen LogP contribution in [0.5, 0.6) is 0 Å². The summed E-state index contributed by atoms with van der Waals surface area (Å²) < 4.78 is 0. The molecule has 1 aliphatic heterocycles. The molecule has 0 aromatic heterocycles. The van der Waals surface area contributed by atoms with E-state index in [1.807, 2.05) is 13.8 Å². The van der Waals surface area contributed by atoms with E-state index < -0.39 is 0 Å². The molecule has 0 saturated carbocycles. The van der Waals surface area contributed by atoms with Crippen LogP contribution in [0.4, 0.5) is 0 Å². The van der Waals surface area contributed by atoms with E-state index in [1.165, 1.54) is 32.4 Å². The van der Waals surface area contributed by atoms with Gasteiger partial charge in [-0.1, -0.05) is 40.5 Å². The maximum Gasteiger partial charge on any atom is 0.222 e. The molecule has 112 valence electrons. The van der Waals surface area contributed by atoms with Crippen molar-refractivity contribution in [1.82, 2.24) is 10.2 Å². The first-order chi connectivity index (χ1) is 9.04. The van der Waals surface area contributed by atoms with Gasteiger partial charge in [0.15, 0.2) is 0 Å². The van der Waals surface area contributed by atoms with Crippen LogP contribution in [0.25, 0.3) is 0 Å². The van der Waals surface area contributed by atoms with Crippen molar-refractivity contribution in [2.24, 2.45) is 11.8 Å². The first-order valence-electron chi connectivity index (χ1n) is 8.07. The Morgan fingerprint density at radius 3 is 2.32 bits per heavy atom. The van der Waals surface area contributed by atoms with E-state index in [0.717, 1.165) is 19.4 Å². The summed E-state index contributed by atoms with van der Waals surface area (Å²) in [5.41, 5.74) is 0. The fourth-order valence-corrected chi connectivity index (χ4v) is 2.84. The van der Waals surface area contributed by atoms with Gasteiger partial charge >= 0.3 is 0 Å². The Bertz CT molecular complexity index is 259. The highest BCUT2D eigenvalue weighted by atomic mass is 16.1. The number of carbonyl (C=O) groups is 1. The third-order valence-electron chi connectivity index (χ3n) is 4.13. The molecule has 1 heterocycles. The molecule has 3 nitrogen and oxygen atoms in total. The van der Waals surface area contributed by atoms with E-state index in [2.05, 4.69) is 24.1 Å². The number of amides is 1. The number of carbonyl (C=O) groups excluding carboxylic acids is 1. The van der Waals surface area contributed by atoms with E-state index in [-0.39, 0.29) is 11.8 Å². The van der Waals surface area contributed by atoms with E-state index in [1.54, 1.807) is 0 Å². The van der Waals surface area contributed by atoms with Crippen LogP contribution in [0.2, 0.25) is 0 Å². The highest BCUT2D eigenvalue weighted by Gasteiger charge is 2.22. The number of piperidine rings is 1. The first kappa shape index (κ1) is 16.5. The topological polar surface area (TPSA) is 32.3 Å². The Labute approximate surface area is 119 Å². The van der Waals surface area contributed by atoms with Crippen LogP contribution in [-0.2, 0) is 4.79 Å². The van der Waals surface area contributed by atoms with Crippen molar-refractivity contribution in [2.75, 3.05) is 19.6 Å². The molecule has 0 aromatic rings. The Hall–Kier alpha value is -0.570. The molecule has 2 atom stereocenters. The minimum Gasteiger partial charge on any atom is -0.353 e. The summed E-state index contributed by atoms with van der Waals surface area (Å²) in [4.78, 5) is 14.5. The van der Waals surface area contributed by atoms with Gasteiger partial charge in [0.2, 0.25) is 5.91 Å². The van der Waals surface area contributed by atoms with Crippen LogP contribution in [0.3, 0.4) is 0 Å². The third kappa shape index (κ3) is 5.94. The highest BCUT2D eigenvalue weighted by molar-refractivity contribution is 5.78. The fraction of sp³-hybridized carbons (Fsp3) is 0.938. The smallest absolute Gasteiger partial charge is 0.222 e. The average molecular weight is 268 g/mol. The number of hydrogen-bond acceptors (Lipinski definition) is 2. The summed E-state index contributed by atoms with van der Waals surface area (Å²) in [5.74, 6) is 0.825. The van der Waals surface area contributed by atoms with Gasteiger partial charge in [0, 0.05) is 18.5 Å². The van der Waals surface area contributed by atoms with Crippen molar-refractivity contribution in [3.63, 3.8) is 0 Å². The number of hydrogen-bond donors (Lipinski definition) is 1. The molecule has 3 heteroatoms. The molecule has 1 fully saturated rings. The van der Waals surface area contributed by atoms with Crippen LogP contribution < -0.4 is 5.32 Å². The number of rotatable bonds is 7. The molecule has 0 aromatic carbocycles. The lowest BCUT2D eigenvalue weighted by Gasteiger charge is -2.33. The van der Waals surface area contributed by atoms with Gasteiger partial charge in [0.05, 0.1) is 0 Å². The number of nitrogens with zero attached hydrogens (tertiary/aromatic N) is 1. The fourth-order valence-electron chi connectivity index (χ4n) is 2.84. The number of nitrogens with one attached hydrogen (secondary N) is 1. The zero-order valence-corrected chi connectivity index (χ0v) is 13.2. The average Bonchev–Trinajstić information content (AvgIpc) is 2.39. The zero-order chi connectivity index (χ0) is 14.3. The second kappa shape index (κ2) is 8.57. The Morgan fingerprint density at radius 1 is 1.16 bits per heavy atom. The Balaban J connectivity index is 2.46. The monoisotopic (exact) mass is 268 g/mol. The molecule has 19 heavy (non-hydrogen) atoms. The van der Waals surface area contributed by atoms with Gasteiger partial charge in [-0.3, -0.25) is 4.79 Å². The third-order valence-corrected chi connectivity index (χ3v) is 4.13. The SMILES string of the molecule is CCC[C@@H](NC(=O)C(C)C)[C@H](C)CN1CCCCC1. The molecule has 1 aliphatic rings. The standard InChI is InChI=1S/C16H32N2O/c1-5-9-15(17-16(19)13(2)3)14(4)12-18-10-7-6-8-11-18/h13-15H,5-12H2,1-4H3,(H,17,19)/t14-,15-/m1/s1. The summed E-state index contributed by atoms with van der Waals surface area (Å²) in [6, 6.07) is 0.335. The zero-order valence-electron chi connectivity index (χ0n) is 13.2. The summed E-state index contributed by atoms with van der Waals surface area (Å²) in [5, 5.41) is 3.24. The van der Waals surface area contributed by atoms with Crippen LogP contribution in [0, 0.1) is 11.8 Å². The lowest BCUT2D eigenvalue weighted by Crippen LogP contribution is -2.45. The predicted octanol–water partition coefficient (Wildman–Crippen LogP) is 3.05. The molecule has 1 rings (SSSR count). The summed E-state index contributed by atoms with van der Waals surface area (Å²) in [6.07, 6.45) is 6.28. The Morgan fingerprint density at radius 2 is 1.79 bits per heavy atom. The van der Waals surface area contributed by atoms with Crippen LogP contribution in [-0.4, -0.2) is 36.5 Å². The van der Waals surface area contributed by atoms with Gasteiger partial charge in [-0.05, 0) is 38.3 Å². The molecule has 1 saturated heterocycles. The van der Waals surface area contributed by atoms with Gasteiger partial charge in [-0.25, -0.2) is 0 Å². The summed E-state index contributed by atoms with van der Waals surface area (Å²) in [6.45, 7) is 12.0. The van der Waals surface area contributed by atoms with Gasteiger partial charge < -0.3 is 10.2 Å². The van der Waals surface area contributed by atoms with E-state index in [0.29, 0.717) is 12.0 Å². The van der Waals surface area contributed by atoms with Crippen molar-refractivity contribution in [2.45, 2.75) is 65.8 Å². The molecule has 0 unspecified atom stereocenters. The first-order valence-corrected chi connectivity index (χ1v) is 8.07. The quantitative estimate of drug-likeness (QED) is 0.769. The van der Waals surface area contributed by atoms with Crippen LogP contribution in [0.1, 0.15) is 59.8 Å². The second-order valence-electron chi connectivity index (χ2n) is 6.40. The molecule has 1 amide bonds. The maximum atomic E-state index is 11.9. The Kier molecular flexibility index (Phi) is 7.44. The molecular weight excluding hydrogens is 236 g/mol.